The third kappa shape index (κ3) is 3.60. The first-order valence-corrected chi connectivity index (χ1v) is 7.34. The monoisotopic (exact) mass is 276 g/mol. The van der Waals surface area contributed by atoms with Crippen LogP contribution in [0, 0.1) is 17.2 Å². The van der Waals surface area contributed by atoms with E-state index in [4.69, 9.17) is 5.26 Å². The van der Waals surface area contributed by atoms with E-state index < -0.39 is 0 Å². The molecule has 1 aromatic heterocycles. The van der Waals surface area contributed by atoms with Crippen LogP contribution in [0.4, 0.5) is 0 Å². The van der Waals surface area contributed by atoms with E-state index in [0.29, 0.717) is 24.7 Å². The molecule has 1 saturated heterocycles. The molecule has 2 rings (SSSR count). The van der Waals surface area contributed by atoms with Gasteiger partial charge in [-0.3, -0.25) is 4.79 Å². The molecule has 0 N–H and O–H groups in total. The van der Waals surface area contributed by atoms with E-state index in [1.807, 2.05) is 31.9 Å². The highest BCUT2D eigenvalue weighted by molar-refractivity contribution is 5.78. The Balaban J connectivity index is 0.000000956. The molecular weight excluding hydrogens is 252 g/mol. The van der Waals surface area contributed by atoms with Gasteiger partial charge in [-0.15, -0.1) is 0 Å². The third-order valence-corrected chi connectivity index (χ3v) is 3.53. The highest BCUT2D eigenvalue weighted by atomic mass is 16.2. The van der Waals surface area contributed by atoms with Gasteiger partial charge in [0.1, 0.15) is 6.07 Å². The van der Waals surface area contributed by atoms with Gasteiger partial charge in [0.15, 0.2) is 0 Å². The zero-order valence-electron chi connectivity index (χ0n) is 12.9. The maximum absolute atomic E-state index is 11.9. The van der Waals surface area contributed by atoms with Gasteiger partial charge >= 0.3 is 0 Å². The molecule has 5 heteroatoms. The van der Waals surface area contributed by atoms with Gasteiger partial charge in [-0.1, -0.05) is 27.2 Å². The van der Waals surface area contributed by atoms with E-state index in [-0.39, 0.29) is 5.91 Å². The Morgan fingerprint density at radius 1 is 1.50 bits per heavy atom. The molecule has 0 saturated carbocycles. The number of carbonyl (C=O) groups excluding carboxylic acids is 1. The summed E-state index contributed by atoms with van der Waals surface area (Å²) in [5.41, 5.74) is 0.914. The molecule has 1 atom stereocenters. The number of nitriles is 1. The van der Waals surface area contributed by atoms with Crippen LogP contribution in [0.5, 0.6) is 0 Å². The molecule has 1 aliphatic rings. The van der Waals surface area contributed by atoms with Crippen LogP contribution in [0.2, 0.25) is 0 Å². The van der Waals surface area contributed by atoms with E-state index in [1.54, 1.807) is 10.8 Å². The average molecular weight is 276 g/mol. The predicted molar refractivity (Wildman–Crippen MR) is 77.7 cm³/mol. The van der Waals surface area contributed by atoms with Crippen molar-refractivity contribution in [3.63, 3.8) is 0 Å². The van der Waals surface area contributed by atoms with Gasteiger partial charge in [0.05, 0.1) is 18.4 Å². The molecule has 0 aliphatic carbocycles. The van der Waals surface area contributed by atoms with Crippen LogP contribution in [-0.4, -0.2) is 26.9 Å². The summed E-state index contributed by atoms with van der Waals surface area (Å²) >= 11 is 0. The maximum atomic E-state index is 11.9. The first-order valence-electron chi connectivity index (χ1n) is 7.34. The van der Waals surface area contributed by atoms with Crippen LogP contribution < -0.4 is 0 Å². The molecule has 1 fully saturated rings. The summed E-state index contributed by atoms with van der Waals surface area (Å²) in [7, 11) is 1.81. The number of carbonyl (C=O) groups is 1. The van der Waals surface area contributed by atoms with Crippen molar-refractivity contribution in [2.75, 3.05) is 6.54 Å². The lowest BCUT2D eigenvalue weighted by atomic mass is 10.0. The van der Waals surface area contributed by atoms with E-state index in [1.165, 1.54) is 0 Å². The molecule has 2 heterocycles. The number of hydrogen-bond acceptors (Lipinski definition) is 3. The number of hydrogen-bond donors (Lipinski definition) is 0. The highest BCUT2D eigenvalue weighted by Gasteiger charge is 2.29. The van der Waals surface area contributed by atoms with Gasteiger partial charge in [0.25, 0.3) is 0 Å². The number of aromatic nitrogens is 2. The molecule has 110 valence electrons. The largest absolute Gasteiger partial charge is 0.337 e. The van der Waals surface area contributed by atoms with Crippen molar-refractivity contribution >= 4 is 5.91 Å². The van der Waals surface area contributed by atoms with Crippen molar-refractivity contribution in [3.8, 4) is 6.07 Å². The molecule has 0 bridgehead atoms. The fourth-order valence-corrected chi connectivity index (χ4v) is 2.50. The first-order chi connectivity index (χ1) is 9.65. The fourth-order valence-electron chi connectivity index (χ4n) is 2.50. The summed E-state index contributed by atoms with van der Waals surface area (Å²) in [4.78, 5) is 17.8. The van der Waals surface area contributed by atoms with Crippen molar-refractivity contribution in [1.29, 1.82) is 5.26 Å². The highest BCUT2D eigenvalue weighted by Crippen LogP contribution is 2.23. The Bertz CT molecular complexity index is 487. The lowest BCUT2D eigenvalue weighted by Gasteiger charge is -2.16. The minimum absolute atomic E-state index is 0.216. The first kappa shape index (κ1) is 16.2. The Hall–Kier alpha value is -1.83. The van der Waals surface area contributed by atoms with Gasteiger partial charge in [0.2, 0.25) is 11.7 Å². The summed E-state index contributed by atoms with van der Waals surface area (Å²) in [6, 6.07) is 2.03. The molecule has 1 unspecified atom stereocenters. The molecule has 0 spiro atoms. The van der Waals surface area contributed by atoms with E-state index >= 15 is 0 Å². The quantitative estimate of drug-likeness (QED) is 0.848. The summed E-state index contributed by atoms with van der Waals surface area (Å²) in [5.74, 6) is 1.10. The Kier molecular flexibility index (Phi) is 6.23. The molecule has 20 heavy (non-hydrogen) atoms. The number of imidazole rings is 1. The third-order valence-electron chi connectivity index (χ3n) is 3.53. The Morgan fingerprint density at radius 3 is 2.75 bits per heavy atom. The van der Waals surface area contributed by atoms with Crippen molar-refractivity contribution in [2.24, 2.45) is 13.0 Å². The van der Waals surface area contributed by atoms with Crippen LogP contribution in [0.25, 0.3) is 0 Å². The van der Waals surface area contributed by atoms with Gasteiger partial charge in [-0.25, -0.2) is 4.98 Å². The van der Waals surface area contributed by atoms with Crippen molar-refractivity contribution in [1.82, 2.24) is 14.5 Å². The summed E-state index contributed by atoms with van der Waals surface area (Å²) in [5, 5.41) is 8.84. The maximum Gasteiger partial charge on any atom is 0.223 e. The van der Waals surface area contributed by atoms with Gasteiger partial charge in [0, 0.05) is 20.0 Å². The number of amides is 1. The van der Waals surface area contributed by atoms with Crippen LogP contribution in [0.1, 0.15) is 51.6 Å². The second-order valence-corrected chi connectivity index (χ2v) is 4.88. The normalized spacial score (nSPS) is 17.6. The molecular formula is C15H24N4O. The number of rotatable bonds is 4. The topological polar surface area (TPSA) is 61.9 Å². The molecule has 5 nitrogen and oxygen atoms in total. The van der Waals surface area contributed by atoms with Crippen molar-refractivity contribution in [3.05, 3.63) is 17.7 Å². The van der Waals surface area contributed by atoms with Gasteiger partial charge in [-0.2, -0.15) is 5.26 Å². The number of likely N-dealkylation sites (tertiary alicyclic amines) is 1. The van der Waals surface area contributed by atoms with E-state index in [2.05, 4.69) is 11.9 Å². The predicted octanol–water partition coefficient (Wildman–Crippen LogP) is 2.47. The van der Waals surface area contributed by atoms with Crippen LogP contribution >= 0.6 is 0 Å². The standard InChI is InChI=1S/C13H18N4O.C2H6/c1-3-4-10-5-13(18)17(8-10)9-11-7-15-12(6-14)16(11)2;1-2/h7,10H,3-5,8-9H2,1-2H3;1-2H3. The summed E-state index contributed by atoms with van der Waals surface area (Å²) < 4.78 is 1.75. The SMILES string of the molecule is CC.CCCC1CC(=O)N(Cc2cnc(C#N)n2C)C1. The average Bonchev–Trinajstić information content (AvgIpc) is 2.97. The Labute approximate surface area is 121 Å². The minimum Gasteiger partial charge on any atom is -0.337 e. The second kappa shape index (κ2) is 7.68. The Morgan fingerprint density at radius 2 is 2.20 bits per heavy atom. The molecule has 1 aromatic rings. The molecule has 0 aromatic carbocycles. The van der Waals surface area contributed by atoms with Crippen molar-refractivity contribution in [2.45, 2.75) is 46.6 Å². The molecule has 0 radical (unpaired) electrons. The van der Waals surface area contributed by atoms with E-state index in [9.17, 15) is 4.79 Å². The van der Waals surface area contributed by atoms with Crippen LogP contribution in [0.3, 0.4) is 0 Å². The van der Waals surface area contributed by atoms with Gasteiger partial charge < -0.3 is 9.47 Å². The molecule has 1 aliphatic heterocycles. The van der Waals surface area contributed by atoms with Crippen molar-refractivity contribution < 1.29 is 4.79 Å². The summed E-state index contributed by atoms with van der Waals surface area (Å²) in [6.45, 7) is 7.54. The summed E-state index contributed by atoms with van der Waals surface area (Å²) in [6.07, 6.45) is 4.57. The fraction of sp³-hybridized carbons (Fsp3) is 0.667. The van der Waals surface area contributed by atoms with Crippen LogP contribution in [0.15, 0.2) is 6.20 Å². The molecule has 1 amide bonds. The van der Waals surface area contributed by atoms with Gasteiger partial charge in [-0.05, 0) is 12.3 Å². The zero-order valence-corrected chi connectivity index (χ0v) is 12.9. The lowest BCUT2D eigenvalue weighted by molar-refractivity contribution is -0.128. The lowest BCUT2D eigenvalue weighted by Crippen LogP contribution is -2.25. The smallest absolute Gasteiger partial charge is 0.223 e. The zero-order chi connectivity index (χ0) is 15.1. The minimum atomic E-state index is 0.216. The van der Waals surface area contributed by atoms with Crippen LogP contribution in [-0.2, 0) is 18.4 Å². The number of nitrogens with zero attached hydrogens (tertiary/aromatic N) is 4. The van der Waals surface area contributed by atoms with E-state index in [0.717, 1.165) is 25.1 Å². The second-order valence-electron chi connectivity index (χ2n) is 4.88.